The topological polar surface area (TPSA) is 12.5 Å². The molecular formula is C11H23NO. The summed E-state index contributed by atoms with van der Waals surface area (Å²) < 4.78 is 5.85. The van der Waals surface area contributed by atoms with Gasteiger partial charge >= 0.3 is 0 Å². The van der Waals surface area contributed by atoms with Crippen molar-refractivity contribution in [1.29, 1.82) is 0 Å². The molecule has 1 rings (SSSR count). The third-order valence-corrected chi connectivity index (χ3v) is 2.90. The van der Waals surface area contributed by atoms with Crippen LogP contribution < -0.4 is 0 Å². The Morgan fingerprint density at radius 3 is 2.23 bits per heavy atom. The molecule has 0 N–H and O–H groups in total. The highest BCUT2D eigenvalue weighted by atomic mass is 16.5. The third-order valence-electron chi connectivity index (χ3n) is 2.90. The Kier molecular flexibility index (Phi) is 3.74. The molecule has 1 saturated heterocycles. The Bertz CT molecular complexity index is 156. The molecule has 0 amide bonds. The molecule has 1 fully saturated rings. The van der Waals surface area contributed by atoms with E-state index in [1.807, 2.05) is 0 Å². The molecule has 0 aliphatic carbocycles. The van der Waals surface area contributed by atoms with Crippen molar-refractivity contribution < 1.29 is 4.74 Å². The highest BCUT2D eigenvalue weighted by Crippen LogP contribution is 2.23. The summed E-state index contributed by atoms with van der Waals surface area (Å²) in [4.78, 5) is 2.39. The van der Waals surface area contributed by atoms with Crippen molar-refractivity contribution in [1.82, 2.24) is 4.90 Å². The maximum atomic E-state index is 5.85. The molecule has 1 aliphatic heterocycles. The van der Waals surface area contributed by atoms with Crippen LogP contribution in [-0.4, -0.2) is 30.3 Å². The molecule has 0 aromatic carbocycles. The number of nitrogens with zero attached hydrogens (tertiary/aromatic N) is 1. The van der Waals surface area contributed by atoms with Gasteiger partial charge < -0.3 is 4.74 Å². The van der Waals surface area contributed by atoms with Crippen molar-refractivity contribution in [3.8, 4) is 0 Å². The molecule has 1 unspecified atom stereocenters. The van der Waals surface area contributed by atoms with Crippen LogP contribution >= 0.6 is 0 Å². The van der Waals surface area contributed by atoms with Crippen molar-refractivity contribution in [2.24, 2.45) is 11.8 Å². The number of ether oxygens (including phenoxy) is 1. The largest absolute Gasteiger partial charge is 0.362 e. The van der Waals surface area contributed by atoms with E-state index in [0.29, 0.717) is 24.0 Å². The van der Waals surface area contributed by atoms with Crippen molar-refractivity contribution >= 4 is 0 Å². The SMILES string of the molecule is CC(C)[C@@H]1OCN(C(C)C)CC1C. The van der Waals surface area contributed by atoms with Crippen LogP contribution in [0.3, 0.4) is 0 Å². The fourth-order valence-corrected chi connectivity index (χ4v) is 2.08. The number of hydrogen-bond acceptors (Lipinski definition) is 2. The van der Waals surface area contributed by atoms with Crippen LogP contribution in [0, 0.1) is 11.8 Å². The maximum absolute atomic E-state index is 5.85. The van der Waals surface area contributed by atoms with Crippen molar-refractivity contribution in [3.63, 3.8) is 0 Å². The number of rotatable bonds is 2. The summed E-state index contributed by atoms with van der Waals surface area (Å²) in [6.45, 7) is 13.2. The second-order valence-electron chi connectivity index (χ2n) is 4.85. The van der Waals surface area contributed by atoms with Crippen LogP contribution in [-0.2, 0) is 4.74 Å². The van der Waals surface area contributed by atoms with E-state index in [1.165, 1.54) is 6.54 Å². The summed E-state index contributed by atoms with van der Waals surface area (Å²) in [7, 11) is 0. The van der Waals surface area contributed by atoms with E-state index >= 15 is 0 Å². The van der Waals surface area contributed by atoms with E-state index in [0.717, 1.165) is 6.73 Å². The Hall–Kier alpha value is -0.0800. The van der Waals surface area contributed by atoms with Crippen LogP contribution in [0.5, 0.6) is 0 Å². The Morgan fingerprint density at radius 2 is 1.85 bits per heavy atom. The summed E-state index contributed by atoms with van der Waals surface area (Å²) >= 11 is 0. The molecule has 0 radical (unpaired) electrons. The van der Waals surface area contributed by atoms with Gasteiger partial charge in [0.2, 0.25) is 0 Å². The van der Waals surface area contributed by atoms with Gasteiger partial charge in [-0.3, -0.25) is 4.90 Å². The summed E-state index contributed by atoms with van der Waals surface area (Å²) in [5.41, 5.74) is 0. The maximum Gasteiger partial charge on any atom is 0.0996 e. The van der Waals surface area contributed by atoms with E-state index in [-0.39, 0.29) is 0 Å². The van der Waals surface area contributed by atoms with Gasteiger partial charge in [0.15, 0.2) is 0 Å². The lowest BCUT2D eigenvalue weighted by atomic mass is 9.93. The van der Waals surface area contributed by atoms with E-state index in [4.69, 9.17) is 4.74 Å². The minimum absolute atomic E-state index is 0.454. The molecule has 1 aliphatic rings. The van der Waals surface area contributed by atoms with Crippen LogP contribution in [0.25, 0.3) is 0 Å². The second-order valence-corrected chi connectivity index (χ2v) is 4.85. The minimum atomic E-state index is 0.454. The minimum Gasteiger partial charge on any atom is -0.362 e. The molecular weight excluding hydrogens is 162 g/mol. The average molecular weight is 185 g/mol. The summed E-state index contributed by atoms with van der Waals surface area (Å²) in [5.74, 6) is 1.31. The van der Waals surface area contributed by atoms with Gasteiger partial charge in [0.05, 0.1) is 12.8 Å². The van der Waals surface area contributed by atoms with Crippen molar-refractivity contribution in [2.45, 2.75) is 46.8 Å². The lowest BCUT2D eigenvalue weighted by molar-refractivity contribution is -0.125. The molecule has 78 valence electrons. The lowest BCUT2D eigenvalue weighted by Gasteiger charge is -2.40. The van der Waals surface area contributed by atoms with Crippen LogP contribution in [0.4, 0.5) is 0 Å². The molecule has 0 saturated carbocycles. The predicted octanol–water partition coefficient (Wildman–Crippen LogP) is 2.35. The Labute approximate surface area is 82.3 Å². The van der Waals surface area contributed by atoms with Gasteiger partial charge in [0, 0.05) is 12.6 Å². The lowest BCUT2D eigenvalue weighted by Crippen LogP contribution is -2.48. The first kappa shape index (κ1) is 11.0. The van der Waals surface area contributed by atoms with Crippen LogP contribution in [0.1, 0.15) is 34.6 Å². The Balaban J connectivity index is 2.46. The van der Waals surface area contributed by atoms with E-state index < -0.39 is 0 Å². The van der Waals surface area contributed by atoms with Crippen molar-refractivity contribution in [3.05, 3.63) is 0 Å². The molecule has 2 heteroatoms. The molecule has 0 spiro atoms. The van der Waals surface area contributed by atoms with Gasteiger partial charge in [0.1, 0.15) is 0 Å². The monoisotopic (exact) mass is 185 g/mol. The predicted molar refractivity (Wildman–Crippen MR) is 55.6 cm³/mol. The molecule has 1 heterocycles. The second kappa shape index (κ2) is 4.43. The highest BCUT2D eigenvalue weighted by Gasteiger charge is 2.29. The van der Waals surface area contributed by atoms with Crippen molar-refractivity contribution in [2.75, 3.05) is 13.3 Å². The van der Waals surface area contributed by atoms with Gasteiger partial charge in [-0.15, -0.1) is 0 Å². The molecule has 2 nitrogen and oxygen atoms in total. The normalized spacial score (nSPS) is 31.6. The quantitative estimate of drug-likeness (QED) is 0.655. The summed E-state index contributed by atoms with van der Waals surface area (Å²) in [6, 6.07) is 0.607. The first-order chi connectivity index (χ1) is 6.02. The number of hydrogen-bond donors (Lipinski definition) is 0. The summed E-state index contributed by atoms with van der Waals surface area (Å²) in [5, 5.41) is 0. The average Bonchev–Trinajstić information content (AvgIpc) is 2.03. The summed E-state index contributed by atoms with van der Waals surface area (Å²) in [6.07, 6.45) is 0.454. The van der Waals surface area contributed by atoms with Gasteiger partial charge in [-0.05, 0) is 25.7 Å². The van der Waals surface area contributed by atoms with Gasteiger partial charge in [-0.1, -0.05) is 20.8 Å². The fraction of sp³-hybridized carbons (Fsp3) is 1.00. The molecule has 2 atom stereocenters. The van der Waals surface area contributed by atoms with Gasteiger partial charge in [0.25, 0.3) is 0 Å². The van der Waals surface area contributed by atoms with E-state index in [9.17, 15) is 0 Å². The van der Waals surface area contributed by atoms with Crippen LogP contribution in [0.15, 0.2) is 0 Å². The molecule has 0 bridgehead atoms. The van der Waals surface area contributed by atoms with Gasteiger partial charge in [-0.2, -0.15) is 0 Å². The molecule has 0 aromatic heterocycles. The fourth-order valence-electron chi connectivity index (χ4n) is 2.08. The zero-order chi connectivity index (χ0) is 10.0. The standard InChI is InChI=1S/C11H23NO/c1-8(2)11-10(5)6-12(7-13-11)9(3)4/h8-11H,6-7H2,1-5H3/t10?,11-/m0/s1. The zero-order valence-electron chi connectivity index (χ0n) is 9.58. The molecule has 0 aromatic rings. The smallest absolute Gasteiger partial charge is 0.0996 e. The van der Waals surface area contributed by atoms with Gasteiger partial charge in [-0.25, -0.2) is 0 Å². The zero-order valence-corrected chi connectivity index (χ0v) is 9.58. The first-order valence-corrected chi connectivity index (χ1v) is 5.38. The third kappa shape index (κ3) is 2.68. The van der Waals surface area contributed by atoms with Crippen LogP contribution in [0.2, 0.25) is 0 Å². The first-order valence-electron chi connectivity index (χ1n) is 5.38. The Morgan fingerprint density at radius 1 is 1.23 bits per heavy atom. The molecule has 13 heavy (non-hydrogen) atoms. The highest BCUT2D eigenvalue weighted by molar-refractivity contribution is 4.78. The van der Waals surface area contributed by atoms with E-state index in [1.54, 1.807) is 0 Å². The van der Waals surface area contributed by atoms with E-state index in [2.05, 4.69) is 39.5 Å².